The molecule has 3 N–H and O–H groups in total. The van der Waals surface area contributed by atoms with Crippen LogP contribution >= 0.6 is 0 Å². The summed E-state index contributed by atoms with van der Waals surface area (Å²) < 4.78 is 6.21. The minimum atomic E-state index is -0.790. The van der Waals surface area contributed by atoms with Gasteiger partial charge in [-0.3, -0.25) is 4.79 Å². The van der Waals surface area contributed by atoms with Crippen LogP contribution in [0.4, 0.5) is 0 Å². The van der Waals surface area contributed by atoms with Crippen molar-refractivity contribution in [3.05, 3.63) is 41.5 Å². The number of para-hydroxylation sites is 1. The van der Waals surface area contributed by atoms with Gasteiger partial charge in [-0.25, -0.2) is 0 Å². The van der Waals surface area contributed by atoms with E-state index in [2.05, 4.69) is 11.8 Å². The van der Waals surface area contributed by atoms with Crippen LogP contribution in [0.15, 0.2) is 30.4 Å². The largest absolute Gasteiger partial charge is 0.489 e. The molecule has 30 heavy (non-hydrogen) atoms. The summed E-state index contributed by atoms with van der Waals surface area (Å²) in [6.07, 6.45) is 5.07. The normalized spacial score (nSPS) is 26.0. The van der Waals surface area contributed by atoms with Gasteiger partial charge in [0.2, 0.25) is 0 Å². The van der Waals surface area contributed by atoms with Crippen molar-refractivity contribution in [1.82, 2.24) is 0 Å². The predicted octanol–water partition coefficient (Wildman–Crippen LogP) is 2.91. The molecule has 5 nitrogen and oxygen atoms in total. The zero-order valence-corrected chi connectivity index (χ0v) is 20.0. The van der Waals surface area contributed by atoms with E-state index in [-0.39, 0.29) is 59.8 Å². The van der Waals surface area contributed by atoms with Gasteiger partial charge >= 0.3 is 5.97 Å². The number of rotatable bonds is 8. The van der Waals surface area contributed by atoms with Gasteiger partial charge in [0.25, 0.3) is 0 Å². The molecule has 1 aromatic carbocycles. The molecule has 6 unspecified atom stereocenters. The number of aryl methyl sites for hydroxylation is 1. The van der Waals surface area contributed by atoms with Crippen molar-refractivity contribution >= 4 is 35.5 Å². The van der Waals surface area contributed by atoms with Gasteiger partial charge in [-0.15, -0.1) is 11.8 Å². The summed E-state index contributed by atoms with van der Waals surface area (Å²) in [4.78, 5) is 10.8. The smallest absolute Gasteiger partial charge is 0.303 e. The van der Waals surface area contributed by atoms with E-state index >= 15 is 0 Å². The van der Waals surface area contributed by atoms with Crippen LogP contribution in [0.2, 0.25) is 0 Å². The third kappa shape index (κ3) is 5.69. The number of hydrogen-bond donors (Lipinski definition) is 3. The van der Waals surface area contributed by atoms with Gasteiger partial charge in [-0.05, 0) is 31.2 Å². The summed E-state index contributed by atoms with van der Waals surface area (Å²) in [6.45, 7) is 3.75. The second-order valence-electron chi connectivity index (χ2n) is 8.13. The van der Waals surface area contributed by atoms with E-state index in [1.807, 2.05) is 31.2 Å². The summed E-state index contributed by atoms with van der Waals surface area (Å²) in [5.41, 5.74) is 2.11. The Bertz CT molecular complexity index is 825. The van der Waals surface area contributed by atoms with Crippen LogP contribution in [0, 0.1) is 23.7 Å². The molecule has 1 radical (unpaired) electrons. The first-order valence-electron chi connectivity index (χ1n) is 10.4. The minimum absolute atomic E-state index is 0. The summed E-state index contributed by atoms with van der Waals surface area (Å²) in [5.74, 6) is 5.87. The molecule has 157 valence electrons. The Morgan fingerprint density at radius 2 is 2.17 bits per heavy atom. The van der Waals surface area contributed by atoms with Crippen LogP contribution in [-0.2, 0) is 11.2 Å². The number of fused-ring (bicyclic) bond motifs is 3. The van der Waals surface area contributed by atoms with Crippen molar-refractivity contribution in [2.24, 2.45) is 11.8 Å². The third-order valence-corrected chi connectivity index (χ3v) is 6.04. The van der Waals surface area contributed by atoms with Gasteiger partial charge in [0.1, 0.15) is 11.9 Å². The van der Waals surface area contributed by atoms with Crippen LogP contribution in [-0.4, -0.2) is 69.2 Å². The molecule has 0 aromatic heterocycles. The fourth-order valence-corrected chi connectivity index (χ4v) is 4.41. The number of aliphatic hydroxyl groups is 2. The van der Waals surface area contributed by atoms with Gasteiger partial charge in [0, 0.05) is 66.2 Å². The average molecular weight is 421 g/mol. The number of ether oxygens (including phenoxy) is 1. The Morgan fingerprint density at radius 1 is 1.40 bits per heavy atom. The van der Waals surface area contributed by atoms with E-state index in [1.54, 1.807) is 13.0 Å². The summed E-state index contributed by atoms with van der Waals surface area (Å²) in [5, 5.41) is 29.9. The van der Waals surface area contributed by atoms with E-state index in [9.17, 15) is 15.0 Å². The molecule has 1 fully saturated rings. The number of carboxylic acids is 1. The quantitative estimate of drug-likeness (QED) is 0.341. The second-order valence-corrected chi connectivity index (χ2v) is 8.13. The van der Waals surface area contributed by atoms with Gasteiger partial charge in [0.05, 0.1) is 12.2 Å². The topological polar surface area (TPSA) is 87.0 Å². The second kappa shape index (κ2) is 11.4. The van der Waals surface area contributed by atoms with Crippen molar-refractivity contribution in [3.63, 3.8) is 0 Å². The molecule has 0 amide bonds. The molecule has 2 aliphatic rings. The summed E-state index contributed by atoms with van der Waals surface area (Å²) in [7, 11) is 0. The minimum Gasteiger partial charge on any atom is -0.489 e. The fourth-order valence-electron chi connectivity index (χ4n) is 4.41. The summed E-state index contributed by atoms with van der Waals surface area (Å²) >= 11 is 0. The van der Waals surface area contributed by atoms with Crippen molar-refractivity contribution in [2.45, 2.75) is 70.2 Å². The Balaban J connectivity index is 0.00000320. The monoisotopic (exact) mass is 421 g/mol. The maximum atomic E-state index is 10.8. The Labute approximate surface area is 200 Å². The van der Waals surface area contributed by atoms with Crippen LogP contribution in [0.1, 0.15) is 56.6 Å². The number of hydrogen-bond acceptors (Lipinski definition) is 4. The number of aliphatic hydroxyl groups excluding tert-OH is 2. The van der Waals surface area contributed by atoms with E-state index in [0.717, 1.165) is 16.9 Å². The summed E-state index contributed by atoms with van der Waals surface area (Å²) in [6, 6.07) is 6.01. The molecule has 6 atom stereocenters. The van der Waals surface area contributed by atoms with Crippen LogP contribution < -0.4 is 4.74 Å². The van der Waals surface area contributed by atoms with E-state index in [4.69, 9.17) is 9.84 Å². The Morgan fingerprint density at radius 3 is 2.87 bits per heavy atom. The van der Waals surface area contributed by atoms with Crippen molar-refractivity contribution in [2.75, 3.05) is 0 Å². The van der Waals surface area contributed by atoms with Gasteiger partial charge in [-0.2, -0.15) is 0 Å². The van der Waals surface area contributed by atoms with Crippen molar-refractivity contribution in [1.29, 1.82) is 0 Å². The van der Waals surface area contributed by atoms with E-state index in [1.165, 1.54) is 0 Å². The number of aliphatic carboxylic acids is 1. The molecule has 0 spiro atoms. The average Bonchev–Trinajstić information content (AvgIpc) is 3.19. The molecular formula is C24H30NaO5. The van der Waals surface area contributed by atoms with Crippen LogP contribution in [0.3, 0.4) is 0 Å². The molecular weight excluding hydrogens is 391 g/mol. The standard InChI is InChI=1S/C24H30O5.Na/c1-3-4-7-15(2)19(25)13-12-17-20(26)14-21-23(17)18-10-5-8-16(24(18)29-21)9-6-11-22(27)28;/h5,8,10,12-13,15,17,19-21,23,25-26H,6-7,9,11,14H2,1-2H3,(H,27,28);. The molecule has 0 bridgehead atoms. The van der Waals surface area contributed by atoms with Crippen LogP contribution in [0.25, 0.3) is 0 Å². The molecule has 3 rings (SSSR count). The van der Waals surface area contributed by atoms with Crippen molar-refractivity contribution < 1.29 is 24.9 Å². The Hall–Kier alpha value is -1.29. The van der Waals surface area contributed by atoms with Gasteiger partial charge in [-0.1, -0.05) is 37.3 Å². The van der Waals surface area contributed by atoms with Gasteiger partial charge in [0.15, 0.2) is 0 Å². The van der Waals surface area contributed by atoms with Crippen LogP contribution in [0.5, 0.6) is 5.75 Å². The molecule has 1 aliphatic carbocycles. The maximum absolute atomic E-state index is 10.8. The first kappa shape index (κ1) is 25.0. The number of carboxylic acid groups (broad SMARTS) is 1. The SMILES string of the molecule is CC#CCC(C)C(O)C=CC1C(O)CC2Oc3c(CCCC(=O)O)cccc3C21.[Na]. The molecule has 6 heteroatoms. The predicted molar refractivity (Wildman–Crippen MR) is 116 cm³/mol. The number of benzene rings is 1. The number of carbonyl (C=O) groups is 1. The molecule has 1 aliphatic heterocycles. The van der Waals surface area contributed by atoms with Crippen molar-refractivity contribution in [3.8, 4) is 17.6 Å². The first-order chi connectivity index (χ1) is 13.9. The van der Waals surface area contributed by atoms with E-state index < -0.39 is 18.2 Å². The molecule has 1 saturated carbocycles. The maximum Gasteiger partial charge on any atom is 0.303 e. The fraction of sp³-hybridized carbons (Fsp3) is 0.542. The first-order valence-corrected chi connectivity index (χ1v) is 10.4. The molecule has 1 aromatic rings. The Kier molecular flexibility index (Phi) is 9.46. The zero-order chi connectivity index (χ0) is 21.0. The van der Waals surface area contributed by atoms with E-state index in [0.29, 0.717) is 25.7 Å². The van der Waals surface area contributed by atoms with Gasteiger partial charge < -0.3 is 20.1 Å². The zero-order valence-electron chi connectivity index (χ0n) is 18.0. The molecule has 1 heterocycles. The molecule has 0 saturated heterocycles. The third-order valence-electron chi connectivity index (χ3n) is 6.04.